The summed E-state index contributed by atoms with van der Waals surface area (Å²) in [6, 6.07) is 15.8. The molecule has 5 heteroatoms. The summed E-state index contributed by atoms with van der Waals surface area (Å²) in [6.07, 6.45) is 11.5. The number of nitrogens with zero attached hydrogens (tertiary/aromatic N) is 2. The number of hydrogen-bond donors (Lipinski definition) is 1. The largest absolute Gasteiger partial charge is 0.366 e. The highest BCUT2D eigenvalue weighted by molar-refractivity contribution is 5.78. The number of alkyl halides is 1. The van der Waals surface area contributed by atoms with Gasteiger partial charge < -0.3 is 5.32 Å². The summed E-state index contributed by atoms with van der Waals surface area (Å²) in [4.78, 5) is 8.48. The van der Waals surface area contributed by atoms with Crippen LogP contribution < -0.4 is 5.32 Å². The highest BCUT2D eigenvalue weighted by Gasteiger charge is 2.10. The average molecular weight is 484 g/mol. The van der Waals surface area contributed by atoms with Crippen LogP contribution in [0.5, 0.6) is 0 Å². The van der Waals surface area contributed by atoms with E-state index in [1.54, 1.807) is 18.5 Å². The Morgan fingerprint density at radius 3 is 2.42 bits per heavy atom. The summed E-state index contributed by atoms with van der Waals surface area (Å²) in [7, 11) is 0. The van der Waals surface area contributed by atoms with Crippen molar-refractivity contribution in [2.75, 3.05) is 0 Å². The van der Waals surface area contributed by atoms with Gasteiger partial charge in [0.2, 0.25) is 0 Å². The standard InChI is InChI=1S/C18H17FN2.C13H14FN/c1-13-11-20-18(21-12-13)17-8-6-16(7-9-17)15-4-2-14(10-19)3-5-15;1-3-15-10-11(2)9-12-5-4-6-13(14)8-7-12/h2-9,11-12,18,20H,10H2,1H3;3,7-8,10H,6,9H2,1-2H3/b;11-10-,15-3?. The van der Waals surface area contributed by atoms with Gasteiger partial charge in [0.05, 0.1) is 6.42 Å². The second kappa shape index (κ2) is 13.7. The number of nitrogens with one attached hydrogen (secondary N) is 1. The van der Waals surface area contributed by atoms with Crippen LogP contribution in [0.4, 0.5) is 8.78 Å². The van der Waals surface area contributed by atoms with Crippen LogP contribution in [0, 0.1) is 11.8 Å². The minimum Gasteiger partial charge on any atom is -0.366 e. The molecule has 0 spiro atoms. The molecule has 36 heavy (non-hydrogen) atoms. The van der Waals surface area contributed by atoms with Crippen LogP contribution in [-0.2, 0) is 6.67 Å². The quantitative estimate of drug-likeness (QED) is 0.328. The van der Waals surface area contributed by atoms with E-state index in [9.17, 15) is 8.78 Å². The van der Waals surface area contributed by atoms with Gasteiger partial charge in [0.15, 0.2) is 0 Å². The van der Waals surface area contributed by atoms with Gasteiger partial charge in [-0.1, -0.05) is 60.4 Å². The molecule has 1 atom stereocenters. The molecule has 0 bridgehead atoms. The monoisotopic (exact) mass is 483 g/mol. The molecule has 1 aliphatic heterocycles. The van der Waals surface area contributed by atoms with Crippen molar-refractivity contribution in [3.63, 3.8) is 0 Å². The van der Waals surface area contributed by atoms with E-state index in [2.05, 4.69) is 51.4 Å². The molecule has 184 valence electrons. The maximum Gasteiger partial charge on any atom is 0.144 e. The first-order valence-corrected chi connectivity index (χ1v) is 11.9. The van der Waals surface area contributed by atoms with Crippen LogP contribution in [0.1, 0.15) is 50.9 Å². The van der Waals surface area contributed by atoms with Crippen molar-refractivity contribution >= 4 is 12.4 Å². The Bertz CT molecular complexity index is 1270. The first-order valence-electron chi connectivity index (χ1n) is 11.9. The highest BCUT2D eigenvalue weighted by Crippen LogP contribution is 2.24. The SMILES string of the molecule is CC1=CNC(c2ccc(-c3ccc(CF)cc3)cc2)N=C1.CC=N/C=C(/C)CC1=CC=C(F)CC#C1. The fourth-order valence-electron chi connectivity index (χ4n) is 3.49. The van der Waals surface area contributed by atoms with Crippen LogP contribution in [0.15, 0.2) is 106 Å². The van der Waals surface area contributed by atoms with Crippen LogP contribution in [0.25, 0.3) is 11.1 Å². The Morgan fingerprint density at radius 2 is 1.81 bits per heavy atom. The van der Waals surface area contributed by atoms with E-state index < -0.39 is 6.67 Å². The lowest BCUT2D eigenvalue weighted by Crippen LogP contribution is -2.17. The molecular weight excluding hydrogens is 452 g/mol. The lowest BCUT2D eigenvalue weighted by atomic mass is 10.0. The second-order valence-corrected chi connectivity index (χ2v) is 8.53. The summed E-state index contributed by atoms with van der Waals surface area (Å²) in [6.45, 7) is 5.45. The average Bonchev–Trinajstić information content (AvgIpc) is 3.12. The van der Waals surface area contributed by atoms with Gasteiger partial charge in [0.1, 0.15) is 18.7 Å². The molecule has 1 unspecified atom stereocenters. The van der Waals surface area contributed by atoms with Gasteiger partial charge in [0, 0.05) is 36.8 Å². The molecule has 1 aliphatic carbocycles. The maximum absolute atomic E-state index is 12.8. The van der Waals surface area contributed by atoms with E-state index in [1.165, 1.54) is 6.08 Å². The normalized spacial score (nSPS) is 17.0. The van der Waals surface area contributed by atoms with Crippen LogP contribution in [0.2, 0.25) is 0 Å². The van der Waals surface area contributed by atoms with Crippen molar-refractivity contribution < 1.29 is 8.78 Å². The summed E-state index contributed by atoms with van der Waals surface area (Å²) in [5, 5.41) is 3.26. The predicted octanol–water partition coefficient (Wildman–Crippen LogP) is 7.96. The van der Waals surface area contributed by atoms with Gasteiger partial charge in [-0.05, 0) is 66.3 Å². The summed E-state index contributed by atoms with van der Waals surface area (Å²) in [5.74, 6) is 5.55. The van der Waals surface area contributed by atoms with E-state index in [4.69, 9.17) is 0 Å². The Morgan fingerprint density at radius 1 is 1.11 bits per heavy atom. The van der Waals surface area contributed by atoms with E-state index in [-0.39, 0.29) is 18.4 Å². The Kier molecular flexibility index (Phi) is 10.1. The molecule has 0 aromatic heterocycles. The first kappa shape index (κ1) is 26.6. The maximum atomic E-state index is 12.8. The smallest absolute Gasteiger partial charge is 0.144 e. The molecule has 0 saturated carbocycles. The molecule has 2 aliphatic rings. The molecule has 0 saturated heterocycles. The zero-order chi connectivity index (χ0) is 25.8. The third-order valence-corrected chi connectivity index (χ3v) is 5.45. The molecular formula is C31H31F2N3. The van der Waals surface area contributed by atoms with Crippen molar-refractivity contribution in [3.8, 4) is 23.0 Å². The fourth-order valence-corrected chi connectivity index (χ4v) is 3.49. The molecule has 2 aromatic carbocycles. The summed E-state index contributed by atoms with van der Waals surface area (Å²) < 4.78 is 25.4. The zero-order valence-corrected chi connectivity index (χ0v) is 20.9. The number of hydrogen-bond acceptors (Lipinski definition) is 3. The molecule has 1 heterocycles. The van der Waals surface area contributed by atoms with Gasteiger partial charge in [-0.25, -0.2) is 8.78 Å². The third-order valence-electron chi connectivity index (χ3n) is 5.45. The molecule has 0 radical (unpaired) electrons. The van der Waals surface area contributed by atoms with Crippen molar-refractivity contribution in [1.29, 1.82) is 0 Å². The van der Waals surface area contributed by atoms with Gasteiger partial charge in [-0.15, -0.1) is 0 Å². The minimum absolute atomic E-state index is 0.0170. The van der Waals surface area contributed by atoms with Crippen molar-refractivity contribution in [3.05, 3.63) is 107 Å². The van der Waals surface area contributed by atoms with Gasteiger partial charge >= 0.3 is 0 Å². The van der Waals surface area contributed by atoms with Gasteiger partial charge in [-0.2, -0.15) is 0 Å². The van der Waals surface area contributed by atoms with E-state index in [0.29, 0.717) is 5.56 Å². The molecule has 1 N–H and O–H groups in total. The van der Waals surface area contributed by atoms with Crippen molar-refractivity contribution in [2.45, 2.75) is 46.5 Å². The number of rotatable bonds is 6. The van der Waals surface area contributed by atoms with Crippen molar-refractivity contribution in [1.82, 2.24) is 5.32 Å². The molecule has 0 fully saturated rings. The molecule has 0 amide bonds. The van der Waals surface area contributed by atoms with Crippen LogP contribution in [-0.4, -0.2) is 12.4 Å². The van der Waals surface area contributed by atoms with Crippen LogP contribution >= 0.6 is 0 Å². The lowest BCUT2D eigenvalue weighted by molar-refractivity contribution is 0.485. The highest BCUT2D eigenvalue weighted by atomic mass is 19.1. The Hall–Kier alpha value is -4.04. The fraction of sp³-hybridized carbons (Fsp3) is 0.226. The number of halogens is 2. The number of benzene rings is 2. The van der Waals surface area contributed by atoms with E-state index in [0.717, 1.165) is 39.8 Å². The van der Waals surface area contributed by atoms with Crippen molar-refractivity contribution in [2.24, 2.45) is 9.98 Å². The lowest BCUT2D eigenvalue weighted by Gasteiger charge is -2.17. The van der Waals surface area contributed by atoms with Gasteiger partial charge in [0.25, 0.3) is 0 Å². The minimum atomic E-state index is -0.419. The van der Waals surface area contributed by atoms with Gasteiger partial charge in [-0.3, -0.25) is 9.98 Å². The second-order valence-electron chi connectivity index (χ2n) is 8.53. The summed E-state index contributed by atoms with van der Waals surface area (Å²) >= 11 is 0. The zero-order valence-electron chi connectivity index (χ0n) is 20.9. The van der Waals surface area contributed by atoms with E-state index in [1.807, 2.05) is 57.5 Å². The molecule has 2 aromatic rings. The Labute approximate surface area is 212 Å². The predicted molar refractivity (Wildman–Crippen MR) is 147 cm³/mol. The van der Waals surface area contributed by atoms with Crippen LogP contribution in [0.3, 0.4) is 0 Å². The van der Waals surface area contributed by atoms with E-state index >= 15 is 0 Å². The first-order chi connectivity index (χ1) is 17.5. The Balaban J connectivity index is 0.000000214. The number of aliphatic imine (C=N–C) groups is 2. The third kappa shape index (κ3) is 8.32. The number of allylic oxidation sites excluding steroid dienone is 6. The topological polar surface area (TPSA) is 36.8 Å². The molecule has 4 rings (SSSR count). The molecule has 3 nitrogen and oxygen atoms in total. The summed E-state index contributed by atoms with van der Waals surface area (Å²) in [5.41, 5.74) is 7.21.